The molecule has 1 amide bonds. The molecule has 37 heavy (non-hydrogen) atoms. The minimum Gasteiger partial charge on any atom is -0.361 e. The first-order valence-electron chi connectivity index (χ1n) is 11.9. The van der Waals surface area contributed by atoms with E-state index in [0.717, 1.165) is 22.0 Å². The third-order valence-corrected chi connectivity index (χ3v) is 7.99. The molecule has 2 aromatic carbocycles. The molecule has 4 rings (SSSR count). The summed E-state index contributed by atoms with van der Waals surface area (Å²) in [7, 11) is -3.68. The predicted octanol–water partition coefficient (Wildman–Crippen LogP) is 3.37. The van der Waals surface area contributed by atoms with E-state index in [1.165, 1.54) is 25.8 Å². The third kappa shape index (κ3) is 6.34. The Morgan fingerprint density at radius 3 is 2.30 bits per heavy atom. The maximum Gasteiger partial charge on any atom is 0.282 e. The van der Waals surface area contributed by atoms with Gasteiger partial charge in [0.1, 0.15) is 0 Å². The topological polar surface area (TPSA) is 129 Å². The minimum absolute atomic E-state index is 0.0326. The summed E-state index contributed by atoms with van der Waals surface area (Å²) < 4.78 is 29.2. The van der Waals surface area contributed by atoms with E-state index in [2.05, 4.69) is 4.98 Å². The van der Waals surface area contributed by atoms with Crippen LogP contribution in [0.3, 0.4) is 0 Å². The number of amides is 1. The van der Waals surface area contributed by atoms with Crippen molar-refractivity contribution in [3.05, 3.63) is 75.5 Å². The molecule has 1 aliphatic rings. The summed E-state index contributed by atoms with van der Waals surface area (Å²) in [5.74, 6) is 0. The normalized spacial score (nSPS) is 16.3. The highest BCUT2D eigenvalue weighted by Crippen LogP contribution is 2.26. The Hall–Kier alpha value is -3.32. The van der Waals surface area contributed by atoms with Crippen LogP contribution in [0, 0.1) is 10.1 Å². The summed E-state index contributed by atoms with van der Waals surface area (Å²) in [5.41, 5.74) is 2.96. The third-order valence-electron chi connectivity index (χ3n) is 6.06. The molecule has 1 aromatic heterocycles. The Labute approximate surface area is 215 Å². The molecule has 0 atom stereocenters. The lowest BCUT2D eigenvalue weighted by molar-refractivity contribution is -0.384. The zero-order chi connectivity index (χ0) is 26.8. The first-order chi connectivity index (χ1) is 17.5. The lowest BCUT2D eigenvalue weighted by Crippen LogP contribution is -2.34. The van der Waals surface area contributed by atoms with Crippen LogP contribution in [0.15, 0.2) is 48.7 Å². The van der Waals surface area contributed by atoms with Crippen LogP contribution in [0.25, 0.3) is 10.9 Å². The lowest BCUT2D eigenvalue weighted by atomic mass is 10.1. The van der Waals surface area contributed by atoms with E-state index in [4.69, 9.17) is 4.84 Å². The molecule has 12 heteroatoms. The molecule has 1 fully saturated rings. The standard InChI is InChI=1S/C25H31N5O6S/c1-25(2,3)36-27(18-31)11-10-21-15-26-24-9-6-20(14-23(21)24)17-29-13-12-28(37(29,34)35)16-19-4-7-22(8-5-19)30(32)33/h4-9,14-15,18,26H,10-13,16-17H2,1-3H3. The van der Waals surface area contributed by atoms with Gasteiger partial charge in [-0.2, -0.15) is 17.0 Å². The Morgan fingerprint density at radius 2 is 1.70 bits per heavy atom. The average Bonchev–Trinajstić information content (AvgIpc) is 3.36. The zero-order valence-corrected chi connectivity index (χ0v) is 21.9. The van der Waals surface area contributed by atoms with Crippen molar-refractivity contribution in [3.8, 4) is 0 Å². The SMILES string of the molecule is CC(C)(C)ON(C=O)CCc1c[nH]c2ccc(CN3CCN(Cc4ccc([N+](=O)[O-])cc4)S3(=O)=O)cc12. The number of nitrogens with one attached hydrogen (secondary N) is 1. The van der Waals surface area contributed by atoms with E-state index < -0.39 is 20.7 Å². The van der Waals surface area contributed by atoms with Gasteiger partial charge >= 0.3 is 0 Å². The highest BCUT2D eigenvalue weighted by atomic mass is 32.2. The maximum absolute atomic E-state index is 13.2. The van der Waals surface area contributed by atoms with Crippen LogP contribution in [0.2, 0.25) is 0 Å². The highest BCUT2D eigenvalue weighted by Gasteiger charge is 2.36. The van der Waals surface area contributed by atoms with E-state index in [0.29, 0.717) is 38.0 Å². The molecule has 198 valence electrons. The fraction of sp³-hybridized carbons (Fsp3) is 0.400. The fourth-order valence-electron chi connectivity index (χ4n) is 4.30. The molecule has 1 aliphatic heterocycles. The van der Waals surface area contributed by atoms with Gasteiger partial charge in [-0.05, 0) is 56.0 Å². The number of rotatable bonds is 10. The summed E-state index contributed by atoms with van der Waals surface area (Å²) in [6, 6.07) is 11.7. The fourth-order valence-corrected chi connectivity index (χ4v) is 5.88. The second kappa shape index (κ2) is 10.6. The van der Waals surface area contributed by atoms with Crippen molar-refractivity contribution in [2.24, 2.45) is 0 Å². The number of hydrogen-bond acceptors (Lipinski definition) is 6. The lowest BCUT2D eigenvalue weighted by Gasteiger charge is -2.26. The predicted molar refractivity (Wildman–Crippen MR) is 138 cm³/mol. The van der Waals surface area contributed by atoms with E-state index in [9.17, 15) is 23.3 Å². The average molecular weight is 530 g/mol. The van der Waals surface area contributed by atoms with Crippen molar-refractivity contribution in [2.75, 3.05) is 19.6 Å². The van der Waals surface area contributed by atoms with Gasteiger partial charge in [0.25, 0.3) is 15.9 Å². The van der Waals surface area contributed by atoms with E-state index in [1.807, 2.05) is 45.2 Å². The van der Waals surface area contributed by atoms with Gasteiger partial charge in [0.05, 0.1) is 17.1 Å². The van der Waals surface area contributed by atoms with Crippen molar-refractivity contribution >= 4 is 33.2 Å². The Bertz CT molecular complexity index is 1380. The summed E-state index contributed by atoms with van der Waals surface area (Å²) in [4.78, 5) is 30.7. The minimum atomic E-state index is -3.68. The number of hydroxylamine groups is 2. The molecule has 0 radical (unpaired) electrons. The molecule has 2 heterocycles. The maximum atomic E-state index is 13.2. The number of nitrogens with zero attached hydrogens (tertiary/aromatic N) is 4. The number of fused-ring (bicyclic) bond motifs is 1. The molecule has 0 spiro atoms. The van der Waals surface area contributed by atoms with Gasteiger partial charge in [-0.1, -0.05) is 18.2 Å². The summed E-state index contributed by atoms with van der Waals surface area (Å²) in [6.45, 7) is 7.09. The molecule has 0 bridgehead atoms. The van der Waals surface area contributed by atoms with Crippen molar-refractivity contribution < 1.29 is 23.0 Å². The van der Waals surface area contributed by atoms with Crippen molar-refractivity contribution in [3.63, 3.8) is 0 Å². The van der Waals surface area contributed by atoms with E-state index >= 15 is 0 Å². The Kier molecular flexibility index (Phi) is 7.64. The first kappa shape index (κ1) is 26.7. The molecular weight excluding hydrogens is 498 g/mol. The molecule has 1 N–H and O–H groups in total. The number of benzene rings is 2. The Balaban J connectivity index is 1.44. The number of aromatic nitrogens is 1. The van der Waals surface area contributed by atoms with E-state index in [-0.39, 0.29) is 18.8 Å². The molecule has 3 aromatic rings. The molecule has 11 nitrogen and oxygen atoms in total. The second-order valence-corrected chi connectivity index (χ2v) is 11.9. The number of nitro benzene ring substituents is 1. The number of carbonyl (C=O) groups is 1. The van der Waals surface area contributed by atoms with Gasteiger partial charge in [0.15, 0.2) is 0 Å². The molecule has 0 unspecified atom stereocenters. The Morgan fingerprint density at radius 1 is 1.08 bits per heavy atom. The van der Waals surface area contributed by atoms with Crippen LogP contribution in [-0.4, -0.2) is 63.6 Å². The van der Waals surface area contributed by atoms with E-state index in [1.54, 1.807) is 12.1 Å². The van der Waals surface area contributed by atoms with Crippen LogP contribution in [-0.2, 0) is 39.4 Å². The number of aromatic amines is 1. The van der Waals surface area contributed by atoms with Crippen LogP contribution >= 0.6 is 0 Å². The molecule has 0 saturated carbocycles. The van der Waals surface area contributed by atoms with Gasteiger partial charge in [-0.3, -0.25) is 19.7 Å². The smallest absolute Gasteiger partial charge is 0.282 e. The quantitative estimate of drug-likeness (QED) is 0.244. The number of non-ortho nitro benzene ring substituents is 1. The van der Waals surface area contributed by atoms with Gasteiger partial charge in [-0.25, -0.2) is 5.06 Å². The molecule has 1 saturated heterocycles. The first-order valence-corrected chi connectivity index (χ1v) is 13.3. The van der Waals surface area contributed by atoms with Gasteiger partial charge in [0, 0.05) is 55.4 Å². The summed E-state index contributed by atoms with van der Waals surface area (Å²) in [6.07, 6.45) is 3.14. The number of H-pyrrole nitrogens is 1. The summed E-state index contributed by atoms with van der Waals surface area (Å²) in [5, 5.41) is 13.1. The second-order valence-electron chi connectivity index (χ2n) is 9.99. The van der Waals surface area contributed by atoms with Crippen molar-refractivity contribution in [1.29, 1.82) is 0 Å². The summed E-state index contributed by atoms with van der Waals surface area (Å²) >= 11 is 0. The monoisotopic (exact) mass is 529 g/mol. The number of carbonyl (C=O) groups excluding carboxylic acids is 1. The van der Waals surface area contributed by atoms with Gasteiger partial charge < -0.3 is 4.98 Å². The highest BCUT2D eigenvalue weighted by molar-refractivity contribution is 7.86. The zero-order valence-electron chi connectivity index (χ0n) is 21.1. The number of hydrogen-bond donors (Lipinski definition) is 1. The van der Waals surface area contributed by atoms with Crippen LogP contribution < -0.4 is 0 Å². The van der Waals surface area contributed by atoms with Gasteiger partial charge in [-0.15, -0.1) is 0 Å². The van der Waals surface area contributed by atoms with Crippen LogP contribution in [0.1, 0.15) is 37.5 Å². The molecule has 0 aliphatic carbocycles. The van der Waals surface area contributed by atoms with Crippen LogP contribution in [0.4, 0.5) is 5.69 Å². The van der Waals surface area contributed by atoms with Crippen molar-refractivity contribution in [1.82, 2.24) is 18.7 Å². The van der Waals surface area contributed by atoms with Crippen LogP contribution in [0.5, 0.6) is 0 Å². The molecular formula is C25H31N5O6S. The van der Waals surface area contributed by atoms with Crippen molar-refractivity contribution in [2.45, 2.75) is 45.9 Å². The largest absolute Gasteiger partial charge is 0.361 e. The van der Waals surface area contributed by atoms with Gasteiger partial charge in [0.2, 0.25) is 6.41 Å². The number of nitro groups is 1.